The first-order chi connectivity index (χ1) is 4.95. The van der Waals surface area contributed by atoms with Crippen molar-refractivity contribution in [2.45, 2.75) is 18.6 Å². The number of hydrogen-bond acceptors (Lipinski definition) is 4. The highest BCUT2D eigenvalue weighted by molar-refractivity contribution is 5.75. The van der Waals surface area contributed by atoms with Gasteiger partial charge in [0.25, 0.3) is 0 Å². The van der Waals surface area contributed by atoms with Crippen molar-refractivity contribution in [3.63, 3.8) is 0 Å². The normalized spacial score (nSPS) is 15.5. The van der Waals surface area contributed by atoms with Gasteiger partial charge in [0, 0.05) is 6.42 Å². The molecular formula is C5H8O6. The summed E-state index contributed by atoms with van der Waals surface area (Å²) in [6.07, 6.45) is -4.37. The molecule has 0 heterocycles. The zero-order valence-electron chi connectivity index (χ0n) is 5.47. The van der Waals surface area contributed by atoms with Gasteiger partial charge in [-0.3, -0.25) is 0 Å². The van der Waals surface area contributed by atoms with Gasteiger partial charge in [-0.05, 0) is 0 Å². The highest BCUT2D eigenvalue weighted by Gasteiger charge is 2.22. The summed E-state index contributed by atoms with van der Waals surface area (Å²) in [7, 11) is 0. The third-order valence-corrected chi connectivity index (χ3v) is 1.02. The SMILES string of the molecule is O=C(O)[C@H](O)C[C@@H](O)C(=O)O. The zero-order chi connectivity index (χ0) is 9.02. The quantitative estimate of drug-likeness (QED) is 0.392. The molecule has 6 nitrogen and oxygen atoms in total. The second kappa shape index (κ2) is 3.89. The highest BCUT2D eigenvalue weighted by Crippen LogP contribution is 1.98. The molecule has 0 aromatic carbocycles. The van der Waals surface area contributed by atoms with Gasteiger partial charge in [-0.25, -0.2) is 9.59 Å². The van der Waals surface area contributed by atoms with Gasteiger partial charge in [0.2, 0.25) is 0 Å². The average molecular weight is 164 g/mol. The predicted molar refractivity (Wildman–Crippen MR) is 31.9 cm³/mol. The Morgan fingerprint density at radius 1 is 1.00 bits per heavy atom. The summed E-state index contributed by atoms with van der Waals surface area (Å²) in [5, 5.41) is 33.2. The van der Waals surface area contributed by atoms with Crippen LogP contribution in [0.5, 0.6) is 0 Å². The van der Waals surface area contributed by atoms with Crippen LogP contribution in [-0.2, 0) is 9.59 Å². The van der Waals surface area contributed by atoms with Crippen molar-refractivity contribution < 1.29 is 30.0 Å². The number of carboxylic acids is 2. The van der Waals surface area contributed by atoms with Gasteiger partial charge in [-0.1, -0.05) is 0 Å². The molecular weight excluding hydrogens is 156 g/mol. The molecule has 0 bridgehead atoms. The minimum absolute atomic E-state index is 0.704. The molecule has 0 amide bonds. The van der Waals surface area contributed by atoms with Crippen LogP contribution in [0.25, 0.3) is 0 Å². The Morgan fingerprint density at radius 3 is 1.45 bits per heavy atom. The van der Waals surface area contributed by atoms with Gasteiger partial charge >= 0.3 is 11.9 Å². The molecule has 0 radical (unpaired) electrons. The van der Waals surface area contributed by atoms with E-state index in [9.17, 15) is 9.59 Å². The summed E-state index contributed by atoms with van der Waals surface area (Å²) >= 11 is 0. The molecule has 0 aromatic rings. The fourth-order valence-corrected chi connectivity index (χ4v) is 0.413. The molecule has 0 saturated heterocycles. The van der Waals surface area contributed by atoms with Crippen molar-refractivity contribution in [2.24, 2.45) is 0 Å². The Morgan fingerprint density at radius 2 is 1.27 bits per heavy atom. The number of hydrogen-bond donors (Lipinski definition) is 4. The molecule has 0 saturated carbocycles. The Hall–Kier alpha value is -1.14. The van der Waals surface area contributed by atoms with Crippen LogP contribution in [-0.4, -0.2) is 44.6 Å². The van der Waals surface area contributed by atoms with E-state index in [2.05, 4.69) is 0 Å². The van der Waals surface area contributed by atoms with Crippen LogP contribution in [0.3, 0.4) is 0 Å². The number of aliphatic hydroxyl groups is 2. The second-order valence-electron chi connectivity index (χ2n) is 1.94. The molecule has 0 aliphatic rings. The maximum atomic E-state index is 9.90. The van der Waals surface area contributed by atoms with Crippen molar-refractivity contribution in [3.05, 3.63) is 0 Å². The van der Waals surface area contributed by atoms with Gasteiger partial charge in [0.1, 0.15) is 0 Å². The summed E-state index contributed by atoms with van der Waals surface area (Å²) in [4.78, 5) is 19.8. The number of carboxylic acid groups (broad SMARTS) is 2. The molecule has 11 heavy (non-hydrogen) atoms. The lowest BCUT2D eigenvalue weighted by Gasteiger charge is -2.07. The van der Waals surface area contributed by atoms with Gasteiger partial charge < -0.3 is 20.4 Å². The largest absolute Gasteiger partial charge is 0.479 e. The molecule has 0 rings (SSSR count). The van der Waals surface area contributed by atoms with E-state index in [-0.39, 0.29) is 0 Å². The summed E-state index contributed by atoms with van der Waals surface area (Å²) in [5.41, 5.74) is 0. The summed E-state index contributed by atoms with van der Waals surface area (Å²) in [6.45, 7) is 0. The smallest absolute Gasteiger partial charge is 0.332 e. The summed E-state index contributed by atoms with van der Waals surface area (Å²) < 4.78 is 0. The Balaban J connectivity index is 3.84. The molecule has 0 fully saturated rings. The Kier molecular flexibility index (Phi) is 3.49. The van der Waals surface area contributed by atoms with Gasteiger partial charge in [-0.15, -0.1) is 0 Å². The van der Waals surface area contributed by atoms with Crippen molar-refractivity contribution in [2.75, 3.05) is 0 Å². The average Bonchev–Trinajstić information content (AvgIpc) is 1.87. The first kappa shape index (κ1) is 9.86. The molecule has 4 N–H and O–H groups in total. The molecule has 0 aliphatic heterocycles. The standard InChI is InChI=1S/C5H8O6/c6-2(4(8)9)1-3(7)5(10)11/h2-3,6-7H,1H2,(H,8,9)(H,10,11)/t2-,3-/m1/s1. The van der Waals surface area contributed by atoms with Crippen LogP contribution in [0.2, 0.25) is 0 Å². The molecule has 6 heteroatoms. The Bertz CT molecular complexity index is 146. The van der Waals surface area contributed by atoms with E-state index in [1.165, 1.54) is 0 Å². The second-order valence-corrected chi connectivity index (χ2v) is 1.94. The maximum absolute atomic E-state index is 9.90. The predicted octanol–water partition coefficient (Wildman–Crippen LogP) is -1.73. The molecule has 0 aliphatic carbocycles. The lowest BCUT2D eigenvalue weighted by atomic mass is 10.1. The van der Waals surface area contributed by atoms with Crippen LogP contribution < -0.4 is 0 Å². The van der Waals surface area contributed by atoms with Crippen molar-refractivity contribution in [1.29, 1.82) is 0 Å². The van der Waals surface area contributed by atoms with Crippen LogP contribution in [0.4, 0.5) is 0 Å². The maximum Gasteiger partial charge on any atom is 0.332 e. The van der Waals surface area contributed by atoms with Gasteiger partial charge in [0.15, 0.2) is 12.2 Å². The molecule has 64 valence electrons. The third kappa shape index (κ3) is 3.54. The van der Waals surface area contributed by atoms with Crippen LogP contribution in [0, 0.1) is 0 Å². The molecule has 0 unspecified atom stereocenters. The lowest BCUT2D eigenvalue weighted by molar-refractivity contribution is -0.153. The van der Waals surface area contributed by atoms with Crippen LogP contribution in [0.15, 0.2) is 0 Å². The molecule has 2 atom stereocenters. The van der Waals surface area contributed by atoms with Gasteiger partial charge in [0.05, 0.1) is 0 Å². The topological polar surface area (TPSA) is 115 Å². The minimum Gasteiger partial charge on any atom is -0.479 e. The monoisotopic (exact) mass is 164 g/mol. The molecule has 0 aromatic heterocycles. The minimum atomic E-state index is -1.83. The van der Waals surface area contributed by atoms with E-state index in [0.717, 1.165) is 0 Å². The van der Waals surface area contributed by atoms with E-state index in [1.807, 2.05) is 0 Å². The van der Waals surface area contributed by atoms with Crippen molar-refractivity contribution >= 4 is 11.9 Å². The highest BCUT2D eigenvalue weighted by atomic mass is 16.4. The van der Waals surface area contributed by atoms with E-state index in [4.69, 9.17) is 20.4 Å². The zero-order valence-corrected chi connectivity index (χ0v) is 5.47. The van der Waals surface area contributed by atoms with E-state index >= 15 is 0 Å². The first-order valence-electron chi connectivity index (χ1n) is 2.77. The number of aliphatic carboxylic acids is 2. The third-order valence-electron chi connectivity index (χ3n) is 1.02. The van der Waals surface area contributed by atoms with Crippen molar-refractivity contribution in [1.82, 2.24) is 0 Å². The summed E-state index contributed by atoms with van der Waals surface area (Å²) in [5.74, 6) is -3.10. The Labute approximate surface area is 61.7 Å². The fraction of sp³-hybridized carbons (Fsp3) is 0.600. The first-order valence-corrected chi connectivity index (χ1v) is 2.77. The fourth-order valence-electron chi connectivity index (χ4n) is 0.413. The summed E-state index contributed by atoms with van der Waals surface area (Å²) in [6, 6.07) is 0. The number of rotatable bonds is 4. The van der Waals surface area contributed by atoms with Gasteiger partial charge in [-0.2, -0.15) is 0 Å². The lowest BCUT2D eigenvalue weighted by Crippen LogP contribution is -2.30. The van der Waals surface area contributed by atoms with Crippen LogP contribution in [0.1, 0.15) is 6.42 Å². The van der Waals surface area contributed by atoms with E-state index < -0.39 is 30.6 Å². The van der Waals surface area contributed by atoms with E-state index in [0.29, 0.717) is 0 Å². The van der Waals surface area contributed by atoms with Crippen molar-refractivity contribution in [3.8, 4) is 0 Å². The number of carbonyl (C=O) groups is 2. The van der Waals surface area contributed by atoms with Crippen LogP contribution >= 0.6 is 0 Å². The molecule has 0 spiro atoms. The van der Waals surface area contributed by atoms with E-state index in [1.54, 1.807) is 0 Å². The number of aliphatic hydroxyl groups excluding tert-OH is 2.